The molecule has 1 aliphatic heterocycles. The van der Waals surface area contributed by atoms with Crippen LogP contribution in [0.2, 0.25) is 5.02 Å². The number of hydrogen-bond donors (Lipinski definition) is 0. The van der Waals surface area contributed by atoms with Crippen LogP contribution in [0.5, 0.6) is 0 Å². The molecule has 1 aromatic rings. The fraction of sp³-hybridized carbons (Fsp3) is 0.500. The second-order valence-electron chi connectivity index (χ2n) is 4.02. The summed E-state index contributed by atoms with van der Waals surface area (Å²) in [5, 5.41) is 1.71. The van der Waals surface area contributed by atoms with E-state index in [4.69, 9.17) is 11.6 Å². The molecule has 1 nitrogen and oxygen atoms in total. The van der Waals surface area contributed by atoms with Crippen molar-refractivity contribution in [3.63, 3.8) is 0 Å². The molecular weight excluding hydrogens is 306 g/mol. The minimum atomic E-state index is 0.593. The predicted molar refractivity (Wildman–Crippen MR) is 78.2 cm³/mol. The van der Waals surface area contributed by atoms with Crippen LogP contribution in [0.1, 0.15) is 12.5 Å². The molecule has 1 fully saturated rings. The number of thioether (sulfide) groups is 1. The lowest BCUT2D eigenvalue weighted by Gasteiger charge is -2.36. The Morgan fingerprint density at radius 3 is 3.06 bits per heavy atom. The summed E-state index contributed by atoms with van der Waals surface area (Å²) in [6, 6.07) is 6.76. The summed E-state index contributed by atoms with van der Waals surface area (Å²) >= 11 is 11.7. The van der Waals surface area contributed by atoms with Gasteiger partial charge in [-0.3, -0.25) is 0 Å². The first-order valence-corrected chi connectivity index (χ1v) is 8.06. The highest BCUT2D eigenvalue weighted by Gasteiger charge is 2.21. The third-order valence-electron chi connectivity index (χ3n) is 2.87. The van der Waals surface area contributed by atoms with E-state index in [-0.39, 0.29) is 0 Å². The van der Waals surface area contributed by atoms with Crippen LogP contribution in [-0.4, -0.2) is 24.1 Å². The molecule has 1 heterocycles. The SMILES string of the molecule is CC1CSCCN1c1cc(Cl)ccc1CBr. The van der Waals surface area contributed by atoms with Crippen LogP contribution in [0.4, 0.5) is 5.69 Å². The Morgan fingerprint density at radius 1 is 1.56 bits per heavy atom. The highest BCUT2D eigenvalue weighted by molar-refractivity contribution is 9.08. The molecule has 4 heteroatoms. The van der Waals surface area contributed by atoms with Crippen molar-refractivity contribution in [1.82, 2.24) is 0 Å². The van der Waals surface area contributed by atoms with Gasteiger partial charge < -0.3 is 4.90 Å². The van der Waals surface area contributed by atoms with Gasteiger partial charge in [0.15, 0.2) is 0 Å². The molecule has 1 aliphatic rings. The molecule has 0 spiro atoms. The fourth-order valence-corrected chi connectivity index (χ4v) is 3.66. The molecule has 1 saturated heterocycles. The van der Waals surface area contributed by atoms with E-state index in [0.717, 1.165) is 16.9 Å². The highest BCUT2D eigenvalue weighted by atomic mass is 79.9. The molecule has 88 valence electrons. The van der Waals surface area contributed by atoms with E-state index in [9.17, 15) is 0 Å². The second kappa shape index (κ2) is 5.65. The summed E-state index contributed by atoms with van der Waals surface area (Å²) < 4.78 is 0. The van der Waals surface area contributed by atoms with Gasteiger partial charge in [0, 0.05) is 40.1 Å². The van der Waals surface area contributed by atoms with Crippen LogP contribution < -0.4 is 4.90 Å². The van der Waals surface area contributed by atoms with Gasteiger partial charge in [-0.15, -0.1) is 0 Å². The van der Waals surface area contributed by atoms with Crippen molar-refractivity contribution in [3.05, 3.63) is 28.8 Å². The molecule has 16 heavy (non-hydrogen) atoms. The van der Waals surface area contributed by atoms with Gasteiger partial charge in [-0.25, -0.2) is 0 Å². The van der Waals surface area contributed by atoms with E-state index >= 15 is 0 Å². The zero-order valence-corrected chi connectivity index (χ0v) is 12.4. The Bertz CT molecular complexity index is 372. The molecule has 0 radical (unpaired) electrons. The summed E-state index contributed by atoms with van der Waals surface area (Å²) in [6.45, 7) is 3.40. The monoisotopic (exact) mass is 319 g/mol. The zero-order valence-electron chi connectivity index (χ0n) is 9.25. The fourth-order valence-electron chi connectivity index (χ4n) is 2.00. The van der Waals surface area contributed by atoms with Crippen molar-refractivity contribution in [1.29, 1.82) is 0 Å². The number of hydrogen-bond acceptors (Lipinski definition) is 2. The molecule has 1 aromatic carbocycles. The van der Waals surface area contributed by atoms with E-state index in [0.29, 0.717) is 6.04 Å². The summed E-state index contributed by atoms with van der Waals surface area (Å²) in [6.07, 6.45) is 0. The molecule has 1 unspecified atom stereocenters. The Morgan fingerprint density at radius 2 is 2.38 bits per heavy atom. The van der Waals surface area contributed by atoms with Crippen molar-refractivity contribution in [2.45, 2.75) is 18.3 Å². The van der Waals surface area contributed by atoms with Crippen LogP contribution in [-0.2, 0) is 5.33 Å². The summed E-state index contributed by atoms with van der Waals surface area (Å²) in [5.41, 5.74) is 2.61. The number of nitrogens with zero attached hydrogens (tertiary/aromatic N) is 1. The first-order valence-electron chi connectivity index (χ1n) is 5.41. The molecule has 0 bridgehead atoms. The van der Waals surface area contributed by atoms with Crippen LogP contribution in [0.15, 0.2) is 18.2 Å². The van der Waals surface area contributed by atoms with Crippen molar-refractivity contribution >= 4 is 45.0 Å². The van der Waals surface area contributed by atoms with E-state index in [1.807, 2.05) is 17.8 Å². The lowest BCUT2D eigenvalue weighted by Crippen LogP contribution is -2.40. The Balaban J connectivity index is 2.33. The summed E-state index contributed by atoms with van der Waals surface area (Å²) in [4.78, 5) is 2.47. The largest absolute Gasteiger partial charge is 0.367 e. The van der Waals surface area contributed by atoms with Crippen molar-refractivity contribution in [2.75, 3.05) is 23.0 Å². The normalized spacial score (nSPS) is 21.2. The molecule has 0 saturated carbocycles. The average Bonchev–Trinajstić information content (AvgIpc) is 2.29. The third-order valence-corrected chi connectivity index (χ3v) is 4.90. The second-order valence-corrected chi connectivity index (χ2v) is 6.17. The smallest absolute Gasteiger partial charge is 0.0426 e. The van der Waals surface area contributed by atoms with Gasteiger partial charge in [-0.05, 0) is 24.6 Å². The standard InChI is InChI=1S/C12H15BrClNS/c1-9-8-16-5-4-15(9)12-6-11(14)3-2-10(12)7-13/h2-3,6,9H,4-5,7-8H2,1H3. The topological polar surface area (TPSA) is 3.24 Å². The molecule has 2 rings (SSSR count). The van der Waals surface area contributed by atoms with Gasteiger partial charge in [0.2, 0.25) is 0 Å². The van der Waals surface area contributed by atoms with Crippen LogP contribution in [0.3, 0.4) is 0 Å². The van der Waals surface area contributed by atoms with Crippen molar-refractivity contribution in [2.24, 2.45) is 0 Å². The summed E-state index contributed by atoms with van der Waals surface area (Å²) in [5.74, 6) is 2.41. The lowest BCUT2D eigenvalue weighted by molar-refractivity contribution is 0.698. The van der Waals surface area contributed by atoms with Gasteiger partial charge in [0.05, 0.1) is 0 Å². The minimum Gasteiger partial charge on any atom is -0.367 e. The molecular formula is C12H15BrClNS. The average molecular weight is 321 g/mol. The Hall–Kier alpha value is 0.140. The third kappa shape index (κ3) is 2.69. The van der Waals surface area contributed by atoms with Gasteiger partial charge >= 0.3 is 0 Å². The van der Waals surface area contributed by atoms with E-state index in [2.05, 4.69) is 39.9 Å². The van der Waals surface area contributed by atoms with E-state index in [1.165, 1.54) is 22.8 Å². The summed E-state index contributed by atoms with van der Waals surface area (Å²) in [7, 11) is 0. The van der Waals surface area contributed by atoms with Crippen LogP contribution in [0, 0.1) is 0 Å². The van der Waals surface area contributed by atoms with E-state index in [1.54, 1.807) is 0 Å². The van der Waals surface area contributed by atoms with Gasteiger partial charge in [0.25, 0.3) is 0 Å². The Labute approximate surface area is 115 Å². The number of benzene rings is 1. The maximum absolute atomic E-state index is 6.09. The van der Waals surface area contributed by atoms with Crippen molar-refractivity contribution in [3.8, 4) is 0 Å². The van der Waals surface area contributed by atoms with Gasteiger partial charge in [-0.2, -0.15) is 11.8 Å². The van der Waals surface area contributed by atoms with Gasteiger partial charge in [0.1, 0.15) is 0 Å². The van der Waals surface area contributed by atoms with Crippen molar-refractivity contribution < 1.29 is 0 Å². The maximum atomic E-state index is 6.09. The quantitative estimate of drug-likeness (QED) is 0.752. The zero-order chi connectivity index (χ0) is 11.5. The highest BCUT2D eigenvalue weighted by Crippen LogP contribution is 2.30. The lowest BCUT2D eigenvalue weighted by atomic mass is 10.1. The predicted octanol–water partition coefficient (Wildman–Crippen LogP) is 4.18. The Kier molecular flexibility index (Phi) is 4.45. The van der Waals surface area contributed by atoms with Crippen LogP contribution in [0.25, 0.3) is 0 Å². The molecule has 0 amide bonds. The minimum absolute atomic E-state index is 0.593. The molecule has 0 N–H and O–H groups in total. The molecule has 0 aromatic heterocycles. The number of alkyl halides is 1. The van der Waals surface area contributed by atoms with Gasteiger partial charge in [-0.1, -0.05) is 33.6 Å². The first kappa shape index (κ1) is 12.6. The number of rotatable bonds is 2. The van der Waals surface area contributed by atoms with Crippen LogP contribution >= 0.6 is 39.3 Å². The maximum Gasteiger partial charge on any atom is 0.0426 e. The number of anilines is 1. The molecule has 1 atom stereocenters. The van der Waals surface area contributed by atoms with E-state index < -0.39 is 0 Å². The first-order chi connectivity index (χ1) is 7.72. The molecule has 0 aliphatic carbocycles. The number of halogens is 2.